The lowest BCUT2D eigenvalue weighted by Crippen LogP contribution is -2.09. The summed E-state index contributed by atoms with van der Waals surface area (Å²) in [4.78, 5) is 14.8. The number of nitriles is 1. The van der Waals surface area contributed by atoms with Crippen molar-refractivity contribution in [1.82, 2.24) is 14.8 Å². The van der Waals surface area contributed by atoms with E-state index in [1.165, 1.54) is 23.3 Å². The topological polar surface area (TPSA) is 97.6 Å². The Morgan fingerprint density at radius 3 is 3.00 bits per heavy atom. The van der Waals surface area contributed by atoms with Crippen LogP contribution in [0, 0.1) is 11.3 Å². The Balaban J connectivity index is 2.51. The fourth-order valence-corrected chi connectivity index (χ4v) is 1.25. The molecule has 0 aliphatic heterocycles. The van der Waals surface area contributed by atoms with Gasteiger partial charge in [-0.05, 0) is 12.1 Å². The number of aromatic nitrogens is 3. The van der Waals surface area contributed by atoms with Crippen LogP contribution in [0.25, 0.3) is 5.69 Å². The summed E-state index contributed by atoms with van der Waals surface area (Å²) in [5.74, 6) is -0.561. The van der Waals surface area contributed by atoms with Gasteiger partial charge in [-0.3, -0.25) is 4.79 Å². The summed E-state index contributed by atoms with van der Waals surface area (Å²) in [5.41, 5.74) is 6.14. The predicted octanol–water partition coefficient (Wildman–Crippen LogP) is 0.238. The van der Waals surface area contributed by atoms with E-state index in [1.807, 2.05) is 6.07 Å². The van der Waals surface area contributed by atoms with Crippen molar-refractivity contribution >= 4 is 5.91 Å². The van der Waals surface area contributed by atoms with Crippen molar-refractivity contribution in [2.45, 2.75) is 0 Å². The average Bonchev–Trinajstić information content (AvgIpc) is 2.78. The van der Waals surface area contributed by atoms with Crippen LogP contribution in [0.4, 0.5) is 0 Å². The molecule has 2 aromatic rings. The Bertz CT molecular complexity index is 581. The zero-order valence-corrected chi connectivity index (χ0v) is 8.16. The van der Waals surface area contributed by atoms with Crippen molar-refractivity contribution in [3.8, 4) is 11.8 Å². The maximum absolute atomic E-state index is 10.9. The highest BCUT2D eigenvalue weighted by molar-refractivity contribution is 5.92. The number of nitrogens with zero attached hydrogens (tertiary/aromatic N) is 4. The van der Waals surface area contributed by atoms with Gasteiger partial charge in [0.05, 0.1) is 11.8 Å². The number of rotatable bonds is 2. The van der Waals surface area contributed by atoms with Gasteiger partial charge in [-0.15, -0.1) is 0 Å². The molecule has 1 amide bonds. The lowest BCUT2D eigenvalue weighted by atomic mass is 10.3. The van der Waals surface area contributed by atoms with Crippen molar-refractivity contribution in [2.24, 2.45) is 5.73 Å². The molecule has 0 aliphatic rings. The third-order valence-electron chi connectivity index (χ3n) is 2.01. The van der Waals surface area contributed by atoms with Gasteiger partial charge >= 0.3 is 0 Å². The Hall–Kier alpha value is -2.68. The van der Waals surface area contributed by atoms with E-state index in [9.17, 15) is 4.79 Å². The highest BCUT2D eigenvalue weighted by Crippen LogP contribution is 2.10. The van der Waals surface area contributed by atoms with Crippen molar-refractivity contribution in [3.05, 3.63) is 42.0 Å². The van der Waals surface area contributed by atoms with E-state index >= 15 is 0 Å². The van der Waals surface area contributed by atoms with Gasteiger partial charge < -0.3 is 5.73 Å². The Morgan fingerprint density at radius 2 is 2.38 bits per heavy atom. The Kier molecular flexibility index (Phi) is 2.36. The summed E-state index contributed by atoms with van der Waals surface area (Å²) in [6.07, 6.45) is 4.32. The quantitative estimate of drug-likeness (QED) is 0.772. The zero-order chi connectivity index (χ0) is 11.5. The van der Waals surface area contributed by atoms with Gasteiger partial charge in [0.1, 0.15) is 11.8 Å². The lowest BCUT2D eigenvalue weighted by Gasteiger charge is -2.01. The molecule has 0 bridgehead atoms. The van der Waals surface area contributed by atoms with E-state index < -0.39 is 5.91 Å². The first-order chi connectivity index (χ1) is 7.72. The summed E-state index contributed by atoms with van der Waals surface area (Å²) in [7, 11) is 0. The van der Waals surface area contributed by atoms with Gasteiger partial charge in [-0.2, -0.15) is 10.4 Å². The highest BCUT2D eigenvalue weighted by Gasteiger charge is 2.08. The van der Waals surface area contributed by atoms with E-state index in [1.54, 1.807) is 12.1 Å². The molecular formula is C10H7N5O. The molecule has 2 heterocycles. The molecule has 6 nitrogen and oxygen atoms in total. The van der Waals surface area contributed by atoms with Crippen molar-refractivity contribution in [3.63, 3.8) is 0 Å². The van der Waals surface area contributed by atoms with E-state index in [4.69, 9.17) is 11.0 Å². The SMILES string of the molecule is N#Cc1ncccc1-n1cc(C(N)=O)cn1. The summed E-state index contributed by atoms with van der Waals surface area (Å²) < 4.78 is 1.39. The first-order valence-electron chi connectivity index (χ1n) is 4.42. The van der Waals surface area contributed by atoms with Crippen LogP contribution in [0.3, 0.4) is 0 Å². The van der Waals surface area contributed by atoms with Crippen molar-refractivity contribution in [2.75, 3.05) is 0 Å². The second-order valence-electron chi connectivity index (χ2n) is 3.02. The van der Waals surface area contributed by atoms with Crippen LogP contribution in [-0.2, 0) is 0 Å². The van der Waals surface area contributed by atoms with Gasteiger partial charge in [0.25, 0.3) is 5.91 Å². The lowest BCUT2D eigenvalue weighted by molar-refractivity contribution is 0.100. The average molecular weight is 213 g/mol. The van der Waals surface area contributed by atoms with Crippen LogP contribution in [0.1, 0.15) is 16.1 Å². The molecule has 2 rings (SSSR count). The third-order valence-corrected chi connectivity index (χ3v) is 2.01. The molecule has 0 aliphatic carbocycles. The number of pyridine rings is 1. The minimum atomic E-state index is -0.561. The molecule has 0 fully saturated rings. The minimum absolute atomic E-state index is 0.238. The standard InChI is InChI=1S/C10H7N5O/c11-4-8-9(2-1-3-13-8)15-6-7(5-14-15)10(12)16/h1-3,5-6H,(H2,12,16). The van der Waals surface area contributed by atoms with Crippen molar-refractivity contribution < 1.29 is 4.79 Å². The van der Waals surface area contributed by atoms with Gasteiger partial charge in [-0.1, -0.05) is 0 Å². The number of amides is 1. The van der Waals surface area contributed by atoms with Crippen LogP contribution < -0.4 is 5.73 Å². The summed E-state index contributed by atoms with van der Waals surface area (Å²) in [6.45, 7) is 0. The third kappa shape index (κ3) is 1.62. The number of primary amides is 1. The van der Waals surface area contributed by atoms with Crippen LogP contribution in [0.15, 0.2) is 30.7 Å². The molecule has 0 radical (unpaired) electrons. The van der Waals surface area contributed by atoms with Gasteiger partial charge in [0.15, 0.2) is 5.69 Å². The van der Waals surface area contributed by atoms with E-state index in [2.05, 4.69) is 10.1 Å². The fourth-order valence-electron chi connectivity index (χ4n) is 1.25. The molecule has 0 atom stereocenters. The van der Waals surface area contributed by atoms with Crippen molar-refractivity contribution in [1.29, 1.82) is 5.26 Å². The normalized spacial score (nSPS) is 9.69. The Labute approximate surface area is 90.9 Å². The highest BCUT2D eigenvalue weighted by atomic mass is 16.1. The molecule has 0 aromatic carbocycles. The molecule has 0 saturated carbocycles. The molecule has 2 aromatic heterocycles. The molecule has 6 heteroatoms. The summed E-state index contributed by atoms with van der Waals surface area (Å²) >= 11 is 0. The van der Waals surface area contributed by atoms with Gasteiger partial charge in [0.2, 0.25) is 0 Å². The molecule has 2 N–H and O–H groups in total. The van der Waals surface area contributed by atoms with E-state index in [0.717, 1.165) is 0 Å². The predicted molar refractivity (Wildman–Crippen MR) is 54.6 cm³/mol. The molecule has 0 spiro atoms. The minimum Gasteiger partial charge on any atom is -0.366 e. The molecular weight excluding hydrogens is 206 g/mol. The smallest absolute Gasteiger partial charge is 0.251 e. The summed E-state index contributed by atoms with van der Waals surface area (Å²) in [5, 5.41) is 12.8. The second-order valence-corrected chi connectivity index (χ2v) is 3.02. The largest absolute Gasteiger partial charge is 0.366 e. The van der Waals surface area contributed by atoms with Crippen LogP contribution in [-0.4, -0.2) is 20.7 Å². The van der Waals surface area contributed by atoms with Crippen LogP contribution >= 0.6 is 0 Å². The Morgan fingerprint density at radius 1 is 1.56 bits per heavy atom. The maximum atomic E-state index is 10.9. The number of hydrogen-bond acceptors (Lipinski definition) is 4. The monoisotopic (exact) mass is 213 g/mol. The number of nitrogens with two attached hydrogens (primary N) is 1. The molecule has 0 saturated heterocycles. The molecule has 16 heavy (non-hydrogen) atoms. The number of carbonyl (C=O) groups excluding carboxylic acids is 1. The zero-order valence-electron chi connectivity index (χ0n) is 8.16. The van der Waals surface area contributed by atoms with Crippen LogP contribution in [0.2, 0.25) is 0 Å². The maximum Gasteiger partial charge on any atom is 0.251 e. The summed E-state index contributed by atoms with van der Waals surface area (Å²) in [6, 6.07) is 5.31. The molecule has 0 unspecified atom stereocenters. The second kappa shape index (κ2) is 3.82. The first-order valence-corrected chi connectivity index (χ1v) is 4.42. The van der Waals surface area contributed by atoms with Gasteiger partial charge in [0, 0.05) is 12.4 Å². The number of hydrogen-bond donors (Lipinski definition) is 1. The first kappa shape index (κ1) is 9.86. The van der Waals surface area contributed by atoms with Crippen LogP contribution in [0.5, 0.6) is 0 Å². The number of carbonyl (C=O) groups is 1. The van der Waals surface area contributed by atoms with Gasteiger partial charge in [-0.25, -0.2) is 9.67 Å². The molecule has 78 valence electrons. The fraction of sp³-hybridized carbons (Fsp3) is 0. The van der Waals surface area contributed by atoms with E-state index in [0.29, 0.717) is 5.69 Å². The van der Waals surface area contributed by atoms with E-state index in [-0.39, 0.29) is 11.3 Å².